The Morgan fingerprint density at radius 2 is 0.792 bits per heavy atom. The zero-order valence-corrected chi connectivity index (χ0v) is 32.6. The summed E-state index contributed by atoms with van der Waals surface area (Å²) in [6.07, 6.45) is 3.70. The van der Waals surface area contributed by atoms with Crippen LogP contribution in [0.25, 0.3) is 0 Å². The molecule has 2 rings (SSSR count). The smallest absolute Gasteiger partial charge is 0.306 e. The number of aromatic hydroxyl groups is 2. The molecule has 0 aliphatic carbocycles. The average Bonchev–Trinajstić information content (AvgIpc) is 2.94. The van der Waals surface area contributed by atoms with E-state index in [0.29, 0.717) is 50.0 Å². The molecular weight excluding hydrogens is 600 g/mol. The van der Waals surface area contributed by atoms with Crippen molar-refractivity contribution >= 4 is 11.9 Å². The lowest BCUT2D eigenvalue weighted by atomic mass is 9.78. The van der Waals surface area contributed by atoms with E-state index >= 15 is 0 Å². The van der Waals surface area contributed by atoms with E-state index in [0.717, 1.165) is 33.4 Å². The van der Waals surface area contributed by atoms with Crippen LogP contribution in [0, 0.1) is 0 Å². The highest BCUT2D eigenvalue weighted by atomic mass is 16.5. The Kier molecular flexibility index (Phi) is 13.8. The van der Waals surface area contributed by atoms with Crippen LogP contribution in [-0.4, -0.2) is 34.4 Å². The van der Waals surface area contributed by atoms with E-state index < -0.39 is 0 Å². The lowest BCUT2D eigenvalue weighted by Crippen LogP contribution is -2.23. The molecule has 6 nitrogen and oxygen atoms in total. The van der Waals surface area contributed by atoms with Crippen molar-refractivity contribution in [3.05, 3.63) is 57.6 Å². The number of benzene rings is 2. The van der Waals surface area contributed by atoms with Crippen LogP contribution < -0.4 is 0 Å². The van der Waals surface area contributed by atoms with Crippen molar-refractivity contribution in [3.8, 4) is 11.5 Å². The topological polar surface area (TPSA) is 93.1 Å². The molecule has 270 valence electrons. The number of hydrogen-bond acceptors (Lipinski definition) is 6. The summed E-state index contributed by atoms with van der Waals surface area (Å²) in [6.45, 7) is 29.0. The number of carbonyl (C=O) groups is 2. The minimum atomic E-state index is -0.246. The van der Waals surface area contributed by atoms with Crippen LogP contribution in [0.2, 0.25) is 0 Å². The van der Waals surface area contributed by atoms with Gasteiger partial charge in [-0.1, -0.05) is 121 Å². The molecule has 2 aromatic carbocycles. The maximum Gasteiger partial charge on any atom is 0.306 e. The Hall–Kier alpha value is -3.02. The third-order valence-corrected chi connectivity index (χ3v) is 9.12. The molecule has 2 N–H and O–H groups in total. The zero-order valence-electron chi connectivity index (χ0n) is 32.6. The molecule has 6 heteroatoms. The van der Waals surface area contributed by atoms with Gasteiger partial charge in [0.05, 0.1) is 0 Å². The number of rotatable bonds is 13. The van der Waals surface area contributed by atoms with Gasteiger partial charge in [0, 0.05) is 12.8 Å². The minimum Gasteiger partial charge on any atom is -0.507 e. The van der Waals surface area contributed by atoms with Crippen LogP contribution in [0.15, 0.2) is 24.3 Å². The zero-order chi connectivity index (χ0) is 36.8. The quantitative estimate of drug-likeness (QED) is 0.207. The van der Waals surface area contributed by atoms with Gasteiger partial charge in [0.15, 0.2) is 0 Å². The Bertz CT molecular complexity index is 1210. The Morgan fingerprint density at radius 3 is 1.00 bits per heavy atom. The summed E-state index contributed by atoms with van der Waals surface area (Å²) < 4.78 is 11.8. The highest BCUT2D eigenvalue weighted by Crippen LogP contribution is 2.41. The number of phenols is 2. The third-order valence-electron chi connectivity index (χ3n) is 9.12. The summed E-state index contributed by atoms with van der Waals surface area (Å²) in [5, 5.41) is 22.0. The standard InChI is InChI=1S/C42H66O6/c1-15-29(47-35(43)21-17-27-23-31(39(3,4)5)37(45)32(24-27)40(6,7)8)19-20-30(16-2)48-36(44)22-18-28-25-33(41(9,10)11)38(46)34(26-28)42(12,13)14/h23-26,29-30,45-46H,15-22H2,1-14H3. The summed E-state index contributed by atoms with van der Waals surface area (Å²) in [4.78, 5) is 25.9. The first-order valence-electron chi connectivity index (χ1n) is 18.0. The largest absolute Gasteiger partial charge is 0.507 e. The summed E-state index contributed by atoms with van der Waals surface area (Å²) >= 11 is 0. The molecule has 0 bridgehead atoms. The van der Waals surface area contributed by atoms with Crippen LogP contribution in [0.3, 0.4) is 0 Å². The second-order valence-electron chi connectivity index (χ2n) is 17.7. The minimum absolute atomic E-state index is 0.232. The van der Waals surface area contributed by atoms with E-state index in [-0.39, 0.29) is 58.6 Å². The summed E-state index contributed by atoms with van der Waals surface area (Å²) in [5.74, 6) is 0.187. The number of carbonyl (C=O) groups excluding carboxylic acids is 2. The Balaban J connectivity index is 1.99. The molecule has 0 fully saturated rings. The van der Waals surface area contributed by atoms with Gasteiger partial charge < -0.3 is 19.7 Å². The number of ether oxygens (including phenoxy) is 2. The average molecular weight is 667 g/mol. The van der Waals surface area contributed by atoms with E-state index in [9.17, 15) is 19.8 Å². The van der Waals surface area contributed by atoms with Gasteiger partial charge in [-0.25, -0.2) is 0 Å². The van der Waals surface area contributed by atoms with Gasteiger partial charge in [-0.15, -0.1) is 0 Å². The van der Waals surface area contributed by atoms with Crippen LogP contribution in [-0.2, 0) is 53.6 Å². The molecule has 0 heterocycles. The maximum atomic E-state index is 12.9. The van der Waals surface area contributed by atoms with Crippen molar-refractivity contribution in [2.45, 2.75) is 182 Å². The van der Waals surface area contributed by atoms with Gasteiger partial charge in [0.25, 0.3) is 0 Å². The van der Waals surface area contributed by atoms with E-state index in [4.69, 9.17) is 9.47 Å². The van der Waals surface area contributed by atoms with Gasteiger partial charge in [0.2, 0.25) is 0 Å². The lowest BCUT2D eigenvalue weighted by molar-refractivity contribution is -0.153. The molecule has 0 saturated carbocycles. The molecule has 2 aromatic rings. The second kappa shape index (κ2) is 16.1. The second-order valence-corrected chi connectivity index (χ2v) is 17.7. The Morgan fingerprint density at radius 1 is 0.542 bits per heavy atom. The molecule has 0 radical (unpaired) electrons. The van der Waals surface area contributed by atoms with Crippen molar-refractivity contribution in [1.82, 2.24) is 0 Å². The molecular formula is C42H66O6. The first-order chi connectivity index (χ1) is 21.9. The highest BCUT2D eigenvalue weighted by molar-refractivity contribution is 5.70. The number of aryl methyl sites for hydroxylation is 2. The van der Waals surface area contributed by atoms with Crippen LogP contribution in [0.1, 0.15) is 169 Å². The predicted molar refractivity (Wildman–Crippen MR) is 197 cm³/mol. The third kappa shape index (κ3) is 11.8. The van der Waals surface area contributed by atoms with Gasteiger partial charge in [-0.2, -0.15) is 0 Å². The van der Waals surface area contributed by atoms with Crippen LogP contribution >= 0.6 is 0 Å². The summed E-state index contributed by atoms with van der Waals surface area (Å²) in [6, 6.07) is 8.07. The fraction of sp³-hybridized carbons (Fsp3) is 0.667. The summed E-state index contributed by atoms with van der Waals surface area (Å²) in [5.41, 5.74) is 4.65. The van der Waals surface area contributed by atoms with Crippen molar-refractivity contribution in [1.29, 1.82) is 0 Å². The molecule has 0 aliphatic rings. The molecule has 0 amide bonds. The molecule has 48 heavy (non-hydrogen) atoms. The van der Waals surface area contributed by atoms with E-state index in [1.165, 1.54) is 0 Å². The van der Waals surface area contributed by atoms with E-state index in [1.807, 2.05) is 38.1 Å². The van der Waals surface area contributed by atoms with Crippen LogP contribution in [0.5, 0.6) is 11.5 Å². The predicted octanol–water partition coefficient (Wildman–Crippen LogP) is 10.3. The van der Waals surface area contributed by atoms with Crippen LogP contribution in [0.4, 0.5) is 0 Å². The van der Waals surface area contributed by atoms with Gasteiger partial charge in [-0.05, 0) is 93.6 Å². The Labute approximate surface area is 292 Å². The SMILES string of the molecule is CCC(CCC(CC)OC(=O)CCc1cc(C(C)(C)C)c(O)c(C(C)(C)C)c1)OC(=O)CCc1cc(C(C)(C)C)c(O)c(C(C)(C)C)c1. The first kappa shape index (κ1) is 41.2. The monoisotopic (exact) mass is 666 g/mol. The first-order valence-corrected chi connectivity index (χ1v) is 18.0. The fourth-order valence-electron chi connectivity index (χ4n) is 6.01. The van der Waals surface area contributed by atoms with Crippen molar-refractivity contribution < 1.29 is 29.3 Å². The van der Waals surface area contributed by atoms with E-state index in [2.05, 4.69) is 83.1 Å². The van der Waals surface area contributed by atoms with Gasteiger partial charge in [0.1, 0.15) is 23.7 Å². The fourth-order valence-corrected chi connectivity index (χ4v) is 6.01. The molecule has 2 unspecified atom stereocenters. The van der Waals surface area contributed by atoms with E-state index in [1.54, 1.807) is 0 Å². The summed E-state index contributed by atoms with van der Waals surface area (Å²) in [7, 11) is 0. The molecule has 0 saturated heterocycles. The molecule has 0 aromatic heterocycles. The highest BCUT2D eigenvalue weighted by Gasteiger charge is 2.28. The maximum absolute atomic E-state index is 12.9. The van der Waals surface area contributed by atoms with Crippen molar-refractivity contribution in [3.63, 3.8) is 0 Å². The number of phenolic OH excluding ortho intramolecular Hbond substituents is 2. The van der Waals surface area contributed by atoms with Gasteiger partial charge >= 0.3 is 11.9 Å². The van der Waals surface area contributed by atoms with Gasteiger partial charge in [-0.3, -0.25) is 9.59 Å². The van der Waals surface area contributed by atoms with Crippen molar-refractivity contribution in [2.75, 3.05) is 0 Å². The molecule has 2 atom stereocenters. The van der Waals surface area contributed by atoms with Crippen molar-refractivity contribution in [2.24, 2.45) is 0 Å². The number of esters is 2. The lowest BCUT2D eigenvalue weighted by Gasteiger charge is -2.28. The molecule has 0 spiro atoms. The normalized spacial score (nSPS) is 14.0. The number of hydrogen-bond donors (Lipinski definition) is 2. The molecule has 0 aliphatic heterocycles.